The quantitative estimate of drug-likeness (QED) is 0.381. The van der Waals surface area contributed by atoms with Gasteiger partial charge in [-0.3, -0.25) is 0 Å². The first-order chi connectivity index (χ1) is 11.1. The molecule has 0 aliphatic rings. The number of unbranched alkanes of at least 4 members (excludes halogenated alkanes) is 3. The van der Waals surface area contributed by atoms with Gasteiger partial charge in [0.1, 0.15) is 0 Å². The second-order valence-corrected chi connectivity index (χ2v) is 6.38. The number of rotatable bonds is 14. The molecular weight excluding hydrogens is 290 g/mol. The molecule has 0 radical (unpaired) electrons. The highest BCUT2D eigenvalue weighted by molar-refractivity contribution is 5.64. The molecule has 0 aromatic heterocycles. The number of aliphatic hydroxyl groups excluding tert-OH is 1. The normalized spacial score (nSPS) is 12.0. The first-order valence-electron chi connectivity index (χ1n) is 9.38. The fraction of sp³-hybridized carbons (Fsp3) is 0.842. The van der Waals surface area contributed by atoms with Gasteiger partial charge < -0.3 is 15.5 Å². The van der Waals surface area contributed by atoms with E-state index in [0.29, 0.717) is 6.42 Å². The summed E-state index contributed by atoms with van der Waals surface area (Å²) in [4.78, 5) is 11.0. The van der Waals surface area contributed by atoms with E-state index in [1.807, 2.05) is 0 Å². The summed E-state index contributed by atoms with van der Waals surface area (Å²) < 4.78 is 0. The molecule has 1 amide bonds. The fourth-order valence-electron chi connectivity index (χ4n) is 2.93. The summed E-state index contributed by atoms with van der Waals surface area (Å²) in [5.74, 6) is 0. The van der Waals surface area contributed by atoms with Gasteiger partial charge in [-0.15, -0.1) is 0 Å². The van der Waals surface area contributed by atoms with E-state index in [9.17, 15) is 9.90 Å². The molecule has 4 heteroatoms. The molecule has 3 N–H and O–H groups in total. The molecule has 0 saturated heterocycles. The smallest absolute Gasteiger partial charge is 0.404 e. The minimum Gasteiger partial charge on any atom is -0.465 e. The molecule has 23 heavy (non-hydrogen) atoms. The molecule has 0 bridgehead atoms. The largest absolute Gasteiger partial charge is 0.465 e. The molecule has 0 rings (SSSR count). The minimum atomic E-state index is -0.998. The first-order valence-corrected chi connectivity index (χ1v) is 9.38. The average Bonchev–Trinajstić information content (AvgIpc) is 2.51. The summed E-state index contributed by atoms with van der Waals surface area (Å²) >= 11 is 0. The Labute approximate surface area is 142 Å². The highest BCUT2D eigenvalue weighted by atomic mass is 16.4. The summed E-state index contributed by atoms with van der Waals surface area (Å²) in [6.07, 6.45) is 10.6. The number of amides is 1. The van der Waals surface area contributed by atoms with E-state index < -0.39 is 6.09 Å². The Balaban J connectivity index is 5.17. The second-order valence-electron chi connectivity index (χ2n) is 6.38. The van der Waals surface area contributed by atoms with Gasteiger partial charge in [-0.05, 0) is 51.4 Å². The van der Waals surface area contributed by atoms with Crippen LogP contribution in [0.25, 0.3) is 0 Å². The number of nitrogens with one attached hydrogen (secondary N) is 1. The van der Waals surface area contributed by atoms with E-state index in [-0.39, 0.29) is 12.6 Å². The van der Waals surface area contributed by atoms with Crippen LogP contribution in [-0.4, -0.2) is 29.0 Å². The zero-order valence-corrected chi connectivity index (χ0v) is 15.4. The molecular formula is C19H37NO3. The summed E-state index contributed by atoms with van der Waals surface area (Å²) in [5, 5.41) is 20.8. The Hall–Kier alpha value is -1.03. The summed E-state index contributed by atoms with van der Waals surface area (Å²) in [7, 11) is 0. The van der Waals surface area contributed by atoms with Crippen molar-refractivity contribution in [2.45, 2.75) is 97.4 Å². The van der Waals surface area contributed by atoms with Gasteiger partial charge in [0, 0.05) is 12.6 Å². The van der Waals surface area contributed by atoms with Gasteiger partial charge in [-0.25, -0.2) is 4.79 Å². The van der Waals surface area contributed by atoms with Crippen LogP contribution in [0.2, 0.25) is 0 Å². The lowest BCUT2D eigenvalue weighted by Crippen LogP contribution is -2.34. The molecule has 0 aliphatic heterocycles. The Morgan fingerprint density at radius 2 is 1.39 bits per heavy atom. The van der Waals surface area contributed by atoms with Gasteiger partial charge in [-0.2, -0.15) is 0 Å². The predicted octanol–water partition coefficient (Wildman–Crippen LogP) is 5.26. The van der Waals surface area contributed by atoms with Gasteiger partial charge >= 0.3 is 6.09 Å². The standard InChI is InChI=1S/C19H37NO3/c1-4-7-10-16(11-8-5-2)17(12-9-6-3)15-18(13-14-21)20-19(22)23/h18,20-21H,4-15H2,1-3H3,(H,22,23)/t18-/m1/s1. The monoisotopic (exact) mass is 327 g/mol. The Morgan fingerprint density at radius 3 is 1.78 bits per heavy atom. The van der Waals surface area contributed by atoms with E-state index in [0.717, 1.165) is 38.5 Å². The number of hydrogen-bond acceptors (Lipinski definition) is 2. The van der Waals surface area contributed by atoms with Crippen molar-refractivity contribution in [2.75, 3.05) is 6.61 Å². The van der Waals surface area contributed by atoms with Gasteiger partial charge in [0.05, 0.1) is 0 Å². The van der Waals surface area contributed by atoms with E-state index >= 15 is 0 Å². The predicted molar refractivity (Wildman–Crippen MR) is 96.9 cm³/mol. The van der Waals surface area contributed by atoms with Crippen molar-refractivity contribution >= 4 is 6.09 Å². The Kier molecular flexibility index (Phi) is 13.9. The SMILES string of the molecule is CCCCC(CCCC)=C(CCCC)C[C@@H](CCO)NC(=O)O. The minimum absolute atomic E-state index is 0.0191. The van der Waals surface area contributed by atoms with Crippen LogP contribution in [0.15, 0.2) is 11.1 Å². The number of aliphatic hydroxyl groups is 1. The van der Waals surface area contributed by atoms with Crippen LogP contribution in [0.3, 0.4) is 0 Å². The molecule has 0 saturated carbocycles. The summed E-state index contributed by atoms with van der Waals surface area (Å²) in [5.41, 5.74) is 2.97. The molecule has 0 aliphatic carbocycles. The van der Waals surface area contributed by atoms with Crippen LogP contribution in [0, 0.1) is 0 Å². The zero-order valence-electron chi connectivity index (χ0n) is 15.4. The van der Waals surface area contributed by atoms with Gasteiger partial charge in [0.2, 0.25) is 0 Å². The van der Waals surface area contributed by atoms with Gasteiger partial charge in [0.15, 0.2) is 0 Å². The van der Waals surface area contributed by atoms with E-state index in [1.165, 1.54) is 36.8 Å². The van der Waals surface area contributed by atoms with Crippen molar-refractivity contribution in [1.82, 2.24) is 5.32 Å². The van der Waals surface area contributed by atoms with Crippen LogP contribution in [0.1, 0.15) is 91.4 Å². The fourth-order valence-corrected chi connectivity index (χ4v) is 2.93. The molecule has 0 fully saturated rings. The molecule has 0 aromatic rings. The van der Waals surface area contributed by atoms with Crippen molar-refractivity contribution < 1.29 is 15.0 Å². The summed E-state index contributed by atoms with van der Waals surface area (Å²) in [6, 6.07) is -0.178. The lowest BCUT2D eigenvalue weighted by molar-refractivity contribution is 0.185. The van der Waals surface area contributed by atoms with Crippen molar-refractivity contribution in [3.8, 4) is 0 Å². The molecule has 0 aromatic carbocycles. The molecule has 0 spiro atoms. The molecule has 136 valence electrons. The van der Waals surface area contributed by atoms with Crippen LogP contribution >= 0.6 is 0 Å². The van der Waals surface area contributed by atoms with Crippen molar-refractivity contribution in [3.63, 3.8) is 0 Å². The van der Waals surface area contributed by atoms with E-state index in [2.05, 4.69) is 26.1 Å². The van der Waals surface area contributed by atoms with Gasteiger partial charge in [-0.1, -0.05) is 51.2 Å². The molecule has 0 unspecified atom stereocenters. The highest BCUT2D eigenvalue weighted by Gasteiger charge is 2.16. The number of carboxylic acid groups (broad SMARTS) is 1. The third-order valence-electron chi connectivity index (χ3n) is 4.29. The molecule has 0 heterocycles. The maximum absolute atomic E-state index is 11.0. The first kappa shape index (κ1) is 22.0. The average molecular weight is 328 g/mol. The highest BCUT2D eigenvalue weighted by Crippen LogP contribution is 2.27. The maximum Gasteiger partial charge on any atom is 0.404 e. The number of allylic oxidation sites excluding steroid dienone is 1. The maximum atomic E-state index is 11.0. The van der Waals surface area contributed by atoms with Crippen molar-refractivity contribution in [2.24, 2.45) is 0 Å². The van der Waals surface area contributed by atoms with Crippen LogP contribution in [0.5, 0.6) is 0 Å². The topological polar surface area (TPSA) is 69.6 Å². The van der Waals surface area contributed by atoms with Gasteiger partial charge in [0.25, 0.3) is 0 Å². The zero-order chi connectivity index (χ0) is 17.5. The number of hydrogen-bond donors (Lipinski definition) is 3. The van der Waals surface area contributed by atoms with Crippen LogP contribution in [-0.2, 0) is 0 Å². The lowest BCUT2D eigenvalue weighted by atomic mass is 9.89. The lowest BCUT2D eigenvalue weighted by Gasteiger charge is -2.22. The van der Waals surface area contributed by atoms with Crippen molar-refractivity contribution in [3.05, 3.63) is 11.1 Å². The Morgan fingerprint density at radius 1 is 0.913 bits per heavy atom. The van der Waals surface area contributed by atoms with Crippen LogP contribution in [0.4, 0.5) is 4.79 Å². The molecule has 1 atom stereocenters. The third-order valence-corrected chi connectivity index (χ3v) is 4.29. The van der Waals surface area contributed by atoms with E-state index in [1.54, 1.807) is 0 Å². The third kappa shape index (κ3) is 11.2. The van der Waals surface area contributed by atoms with Crippen LogP contribution < -0.4 is 5.32 Å². The second kappa shape index (κ2) is 14.6. The Bertz CT molecular complexity index is 330. The van der Waals surface area contributed by atoms with Crippen molar-refractivity contribution in [1.29, 1.82) is 0 Å². The number of carbonyl (C=O) groups is 1. The molecule has 4 nitrogen and oxygen atoms in total. The summed E-state index contributed by atoms with van der Waals surface area (Å²) in [6.45, 7) is 6.63. The van der Waals surface area contributed by atoms with E-state index in [4.69, 9.17) is 5.11 Å².